The highest BCUT2D eigenvalue weighted by molar-refractivity contribution is 5.95. The molecule has 6 nitrogen and oxygen atoms in total. The van der Waals surface area contributed by atoms with Crippen molar-refractivity contribution >= 4 is 12.0 Å². The summed E-state index contributed by atoms with van der Waals surface area (Å²) in [4.78, 5) is 24.3. The zero-order valence-electron chi connectivity index (χ0n) is 13.0. The third kappa shape index (κ3) is 3.53. The van der Waals surface area contributed by atoms with E-state index in [1.807, 2.05) is 30.3 Å². The Labute approximate surface area is 134 Å². The summed E-state index contributed by atoms with van der Waals surface area (Å²) in [5.74, 6) is -0.431. The van der Waals surface area contributed by atoms with Crippen LogP contribution in [-0.4, -0.2) is 31.3 Å². The van der Waals surface area contributed by atoms with E-state index in [2.05, 4.69) is 10.6 Å². The first-order valence-corrected chi connectivity index (χ1v) is 7.77. The summed E-state index contributed by atoms with van der Waals surface area (Å²) < 4.78 is 10.9. The van der Waals surface area contributed by atoms with Gasteiger partial charge in [0.05, 0.1) is 17.7 Å². The van der Waals surface area contributed by atoms with Crippen molar-refractivity contribution in [3.63, 3.8) is 0 Å². The van der Waals surface area contributed by atoms with Gasteiger partial charge in [-0.05, 0) is 25.3 Å². The minimum atomic E-state index is -0.512. The van der Waals surface area contributed by atoms with Gasteiger partial charge in [0, 0.05) is 12.3 Å². The van der Waals surface area contributed by atoms with Crippen molar-refractivity contribution in [2.24, 2.45) is 0 Å². The first-order chi connectivity index (χ1) is 11.1. The van der Waals surface area contributed by atoms with Gasteiger partial charge >= 0.3 is 12.0 Å². The number of esters is 1. The van der Waals surface area contributed by atoms with E-state index >= 15 is 0 Å². The molecule has 0 radical (unpaired) electrons. The van der Waals surface area contributed by atoms with Crippen LogP contribution in [0.4, 0.5) is 4.79 Å². The molecule has 2 N–H and O–H groups in total. The Morgan fingerprint density at radius 2 is 2.13 bits per heavy atom. The number of nitrogens with one attached hydrogen (secondary N) is 2. The van der Waals surface area contributed by atoms with Crippen molar-refractivity contribution in [2.75, 3.05) is 13.2 Å². The standard InChI is InChI=1S/C17H20N2O4/c1-11-14(16(20)23-10-13-8-5-9-22-13)15(19-17(21)18-11)12-6-3-2-4-7-12/h2-4,6-7,13,15H,5,8-10H2,1H3,(H2,18,19,21)/t13-,15+/m1/s1. The molecule has 0 unspecified atom stereocenters. The van der Waals surface area contributed by atoms with Crippen molar-refractivity contribution in [3.05, 3.63) is 47.2 Å². The molecular formula is C17H20N2O4. The summed E-state index contributed by atoms with van der Waals surface area (Å²) in [6.45, 7) is 2.66. The lowest BCUT2D eigenvalue weighted by molar-refractivity contribution is -0.142. The van der Waals surface area contributed by atoms with Crippen LogP contribution in [0.3, 0.4) is 0 Å². The van der Waals surface area contributed by atoms with Crippen LogP contribution >= 0.6 is 0 Å². The molecule has 1 fully saturated rings. The molecule has 2 aliphatic heterocycles. The average Bonchev–Trinajstić information content (AvgIpc) is 3.06. The van der Waals surface area contributed by atoms with Gasteiger partial charge in [0.1, 0.15) is 6.61 Å². The summed E-state index contributed by atoms with van der Waals surface area (Å²) in [6.07, 6.45) is 1.87. The maximum Gasteiger partial charge on any atom is 0.338 e. The van der Waals surface area contributed by atoms with Crippen LogP contribution < -0.4 is 10.6 Å². The Morgan fingerprint density at radius 3 is 2.83 bits per heavy atom. The number of rotatable bonds is 4. The number of hydrogen-bond donors (Lipinski definition) is 2. The van der Waals surface area contributed by atoms with Crippen LogP contribution in [0, 0.1) is 0 Å². The highest BCUT2D eigenvalue weighted by atomic mass is 16.6. The topological polar surface area (TPSA) is 76.7 Å². The third-order valence-electron chi connectivity index (χ3n) is 4.05. The van der Waals surface area contributed by atoms with Crippen molar-refractivity contribution in [1.29, 1.82) is 0 Å². The lowest BCUT2D eigenvalue weighted by Gasteiger charge is -2.28. The predicted octanol–water partition coefficient (Wildman–Crippen LogP) is 2.04. The van der Waals surface area contributed by atoms with Crippen LogP contribution in [0.15, 0.2) is 41.6 Å². The fraction of sp³-hybridized carbons (Fsp3) is 0.412. The molecule has 2 aliphatic rings. The van der Waals surface area contributed by atoms with E-state index in [0.717, 1.165) is 18.4 Å². The number of benzene rings is 1. The normalized spacial score (nSPS) is 24.1. The highest BCUT2D eigenvalue weighted by Gasteiger charge is 2.32. The number of carbonyl (C=O) groups is 2. The van der Waals surface area contributed by atoms with Gasteiger partial charge in [0.15, 0.2) is 0 Å². The van der Waals surface area contributed by atoms with Gasteiger partial charge in [-0.25, -0.2) is 9.59 Å². The third-order valence-corrected chi connectivity index (χ3v) is 4.05. The Morgan fingerprint density at radius 1 is 1.35 bits per heavy atom. The van der Waals surface area contributed by atoms with Gasteiger partial charge in [-0.1, -0.05) is 30.3 Å². The van der Waals surface area contributed by atoms with Gasteiger partial charge in [-0.3, -0.25) is 0 Å². The summed E-state index contributed by atoms with van der Waals surface area (Å²) in [6, 6.07) is 8.53. The van der Waals surface area contributed by atoms with Crippen LogP contribution in [0.2, 0.25) is 0 Å². The first kappa shape index (κ1) is 15.6. The van der Waals surface area contributed by atoms with E-state index in [1.165, 1.54) is 0 Å². The monoisotopic (exact) mass is 316 g/mol. The highest BCUT2D eigenvalue weighted by Crippen LogP contribution is 2.27. The van der Waals surface area contributed by atoms with Crippen molar-refractivity contribution in [3.8, 4) is 0 Å². The second kappa shape index (κ2) is 6.83. The van der Waals surface area contributed by atoms with Crippen LogP contribution in [-0.2, 0) is 14.3 Å². The number of ether oxygens (including phenoxy) is 2. The maximum absolute atomic E-state index is 12.5. The van der Waals surface area contributed by atoms with E-state index in [9.17, 15) is 9.59 Å². The largest absolute Gasteiger partial charge is 0.459 e. The number of urea groups is 1. The predicted molar refractivity (Wildman–Crippen MR) is 83.5 cm³/mol. The molecule has 2 atom stereocenters. The molecule has 0 spiro atoms. The second-order valence-corrected chi connectivity index (χ2v) is 5.71. The van der Waals surface area contributed by atoms with E-state index in [-0.39, 0.29) is 18.7 Å². The molecule has 0 bridgehead atoms. The Kier molecular flexibility index (Phi) is 4.62. The molecule has 0 aliphatic carbocycles. The quantitative estimate of drug-likeness (QED) is 0.833. The van der Waals surface area contributed by atoms with Crippen LogP contribution in [0.25, 0.3) is 0 Å². The zero-order chi connectivity index (χ0) is 16.2. The molecule has 0 aromatic heterocycles. The molecule has 23 heavy (non-hydrogen) atoms. The fourth-order valence-corrected chi connectivity index (χ4v) is 2.88. The molecule has 1 aromatic carbocycles. The van der Waals surface area contributed by atoms with Gasteiger partial charge in [-0.15, -0.1) is 0 Å². The van der Waals surface area contributed by atoms with Crippen LogP contribution in [0.5, 0.6) is 0 Å². The Hall–Kier alpha value is -2.34. The van der Waals surface area contributed by atoms with Crippen molar-refractivity contribution < 1.29 is 19.1 Å². The number of allylic oxidation sites excluding steroid dienone is 1. The van der Waals surface area contributed by atoms with E-state index < -0.39 is 12.0 Å². The molecule has 1 aromatic rings. The number of carbonyl (C=O) groups excluding carboxylic acids is 2. The SMILES string of the molecule is CC1=C(C(=O)OC[C@H]2CCCO2)[C@H](c2ccccc2)NC(=O)N1. The molecule has 6 heteroatoms. The zero-order valence-corrected chi connectivity index (χ0v) is 13.0. The number of amides is 2. The maximum atomic E-state index is 12.5. The van der Waals surface area contributed by atoms with Gasteiger partial charge in [-0.2, -0.15) is 0 Å². The smallest absolute Gasteiger partial charge is 0.338 e. The fourth-order valence-electron chi connectivity index (χ4n) is 2.88. The van der Waals surface area contributed by atoms with E-state index in [1.54, 1.807) is 6.92 Å². The van der Waals surface area contributed by atoms with E-state index in [0.29, 0.717) is 17.9 Å². The van der Waals surface area contributed by atoms with E-state index in [4.69, 9.17) is 9.47 Å². The molecule has 2 heterocycles. The van der Waals surface area contributed by atoms with Crippen molar-refractivity contribution in [1.82, 2.24) is 10.6 Å². The Balaban J connectivity index is 1.78. The summed E-state index contributed by atoms with van der Waals surface area (Å²) in [5.41, 5.74) is 1.78. The summed E-state index contributed by atoms with van der Waals surface area (Å²) in [5, 5.41) is 5.42. The van der Waals surface area contributed by atoms with Crippen molar-refractivity contribution in [2.45, 2.75) is 31.9 Å². The second-order valence-electron chi connectivity index (χ2n) is 5.71. The summed E-state index contributed by atoms with van der Waals surface area (Å²) in [7, 11) is 0. The van der Waals surface area contributed by atoms with Gasteiger partial charge in [0.2, 0.25) is 0 Å². The molecule has 3 rings (SSSR count). The Bertz CT molecular complexity index is 621. The van der Waals surface area contributed by atoms with Gasteiger partial charge in [0.25, 0.3) is 0 Å². The average molecular weight is 316 g/mol. The summed E-state index contributed by atoms with van der Waals surface area (Å²) >= 11 is 0. The lowest BCUT2D eigenvalue weighted by atomic mass is 9.96. The molecular weight excluding hydrogens is 296 g/mol. The van der Waals surface area contributed by atoms with Gasteiger partial charge < -0.3 is 20.1 Å². The minimum absolute atomic E-state index is 0.0267. The van der Waals surface area contributed by atoms with Crippen LogP contribution in [0.1, 0.15) is 31.4 Å². The number of hydrogen-bond acceptors (Lipinski definition) is 4. The molecule has 122 valence electrons. The minimum Gasteiger partial charge on any atom is -0.459 e. The molecule has 0 saturated carbocycles. The first-order valence-electron chi connectivity index (χ1n) is 7.77. The lowest BCUT2D eigenvalue weighted by Crippen LogP contribution is -2.45. The molecule has 1 saturated heterocycles. The molecule has 2 amide bonds.